The molecule has 3 aliphatic heterocycles. The molecule has 0 aromatic heterocycles. The Hall–Kier alpha value is -3.70. The zero-order valence-corrected chi connectivity index (χ0v) is 17.6. The summed E-state index contributed by atoms with van der Waals surface area (Å²) in [6.07, 6.45) is 3.29. The fraction of sp³-hybridized carbons (Fsp3) is 0.185. The first-order valence-electron chi connectivity index (χ1n) is 11.1. The maximum absolute atomic E-state index is 13.9. The highest BCUT2D eigenvalue weighted by atomic mass is 16.2. The van der Waals surface area contributed by atoms with E-state index in [1.54, 1.807) is 0 Å². The fourth-order valence-electron chi connectivity index (χ4n) is 5.18. The maximum Gasteiger partial charge on any atom is 0.260 e. The number of aliphatic imine (C=N–C) groups is 1. The van der Waals surface area contributed by atoms with E-state index in [-0.39, 0.29) is 24.2 Å². The zero-order chi connectivity index (χ0) is 21.5. The molecular weight excluding hydrogens is 396 g/mol. The lowest BCUT2D eigenvalue weighted by atomic mass is 9.88. The molecule has 0 aliphatic carbocycles. The van der Waals surface area contributed by atoms with Crippen LogP contribution in [-0.4, -0.2) is 28.1 Å². The maximum atomic E-state index is 13.9. The van der Waals surface area contributed by atoms with Crippen molar-refractivity contribution >= 4 is 17.8 Å². The molecule has 0 saturated carbocycles. The summed E-state index contributed by atoms with van der Waals surface area (Å²) < 4.78 is 0. The van der Waals surface area contributed by atoms with Gasteiger partial charge in [-0.05, 0) is 35.3 Å². The van der Waals surface area contributed by atoms with Gasteiger partial charge in [-0.25, -0.2) is 5.01 Å². The number of para-hydroxylation sites is 1. The number of rotatable bonds is 4. The van der Waals surface area contributed by atoms with Crippen molar-refractivity contribution in [2.75, 3.05) is 5.43 Å². The molecule has 3 atom stereocenters. The number of hydrogen-bond donors (Lipinski definition) is 1. The van der Waals surface area contributed by atoms with Gasteiger partial charge in [0.1, 0.15) is 6.17 Å². The Bertz CT molecular complexity index is 1190. The normalized spacial score (nSPS) is 24.6. The fourth-order valence-corrected chi connectivity index (χ4v) is 5.18. The molecule has 32 heavy (non-hydrogen) atoms. The van der Waals surface area contributed by atoms with Crippen molar-refractivity contribution in [3.63, 3.8) is 0 Å². The predicted molar refractivity (Wildman–Crippen MR) is 126 cm³/mol. The van der Waals surface area contributed by atoms with Gasteiger partial charge in [0.25, 0.3) is 5.91 Å². The van der Waals surface area contributed by atoms with E-state index < -0.39 is 0 Å². The molecule has 3 aromatic rings. The lowest BCUT2D eigenvalue weighted by Crippen LogP contribution is -2.41. The lowest BCUT2D eigenvalue weighted by molar-refractivity contribution is -0.129. The molecule has 1 N–H and O–H groups in total. The van der Waals surface area contributed by atoms with E-state index >= 15 is 0 Å². The van der Waals surface area contributed by atoms with Crippen LogP contribution in [0.15, 0.2) is 107 Å². The topological polar surface area (TPSA) is 47.9 Å². The molecule has 6 rings (SSSR count). The number of hydrogen-bond acceptors (Lipinski definition) is 4. The number of nitrogens with one attached hydrogen (secondary N) is 1. The van der Waals surface area contributed by atoms with E-state index in [0.717, 1.165) is 23.4 Å². The molecule has 0 spiro atoms. The predicted octanol–water partition coefficient (Wildman–Crippen LogP) is 5.10. The van der Waals surface area contributed by atoms with E-state index in [1.807, 2.05) is 65.8 Å². The second kappa shape index (κ2) is 7.77. The van der Waals surface area contributed by atoms with Crippen LogP contribution in [0.1, 0.15) is 36.2 Å². The average Bonchev–Trinajstić information content (AvgIpc) is 3.42. The Morgan fingerprint density at radius 1 is 0.812 bits per heavy atom. The van der Waals surface area contributed by atoms with Crippen LogP contribution in [0.4, 0.5) is 5.69 Å². The van der Waals surface area contributed by atoms with Gasteiger partial charge in [0.05, 0.1) is 23.5 Å². The van der Waals surface area contributed by atoms with Crippen LogP contribution >= 0.6 is 0 Å². The molecule has 1 saturated heterocycles. The second-order valence-corrected chi connectivity index (χ2v) is 8.46. The van der Waals surface area contributed by atoms with Gasteiger partial charge in [0.15, 0.2) is 0 Å². The highest BCUT2D eigenvalue weighted by Crippen LogP contribution is 2.50. The van der Waals surface area contributed by atoms with Gasteiger partial charge >= 0.3 is 0 Å². The third-order valence-electron chi connectivity index (χ3n) is 6.57. The van der Waals surface area contributed by atoms with E-state index in [0.29, 0.717) is 6.42 Å². The van der Waals surface area contributed by atoms with Crippen LogP contribution < -0.4 is 5.43 Å². The SMILES string of the molecule is O=C1C2CC3=C(N=CC3)[C@H](c3ccccc3)N2[C@H](c2ccccc2)N1Nc1ccccc1. The summed E-state index contributed by atoms with van der Waals surface area (Å²) in [6.45, 7) is 0. The molecule has 1 unspecified atom stereocenters. The lowest BCUT2D eigenvalue weighted by Gasteiger charge is -2.40. The molecule has 0 bridgehead atoms. The van der Waals surface area contributed by atoms with Crippen molar-refractivity contribution in [2.24, 2.45) is 4.99 Å². The minimum Gasteiger partial charge on any atom is -0.294 e. The Kier molecular flexibility index (Phi) is 4.62. The van der Waals surface area contributed by atoms with Gasteiger partial charge in [0, 0.05) is 12.6 Å². The molecule has 1 fully saturated rings. The first-order valence-corrected chi connectivity index (χ1v) is 11.1. The summed E-state index contributed by atoms with van der Waals surface area (Å²) in [7, 11) is 0. The molecule has 158 valence electrons. The Balaban J connectivity index is 1.50. The summed E-state index contributed by atoms with van der Waals surface area (Å²) >= 11 is 0. The summed E-state index contributed by atoms with van der Waals surface area (Å²) in [6, 6.07) is 30.3. The standard InChI is InChI=1S/C27H24N4O/c32-27-23-18-21-16-17-28-24(21)25(19-10-4-1-5-11-19)30(23)26(20-12-6-2-7-13-20)31(27)29-22-14-8-3-9-15-22/h1-15,17,23,25-26,29H,16,18H2/t23?,25-,26-/m0/s1. The molecular formula is C27H24N4O. The van der Waals surface area contributed by atoms with Crippen LogP contribution in [0.5, 0.6) is 0 Å². The van der Waals surface area contributed by atoms with Gasteiger partial charge in [-0.15, -0.1) is 0 Å². The molecule has 0 radical (unpaired) electrons. The first-order chi connectivity index (χ1) is 15.8. The van der Waals surface area contributed by atoms with Crippen LogP contribution in [0.3, 0.4) is 0 Å². The van der Waals surface area contributed by atoms with E-state index in [2.05, 4.69) is 46.7 Å². The quantitative estimate of drug-likeness (QED) is 0.639. The van der Waals surface area contributed by atoms with Gasteiger partial charge in [-0.3, -0.25) is 20.1 Å². The van der Waals surface area contributed by atoms with Gasteiger partial charge in [0.2, 0.25) is 0 Å². The Labute approximate surface area is 187 Å². The number of nitrogens with zero attached hydrogens (tertiary/aromatic N) is 3. The van der Waals surface area contributed by atoms with Gasteiger partial charge in [-0.1, -0.05) is 78.9 Å². The number of fused-ring (bicyclic) bond motifs is 1. The summed E-state index contributed by atoms with van der Waals surface area (Å²) in [5.74, 6) is 0.0992. The van der Waals surface area contributed by atoms with E-state index in [1.165, 1.54) is 11.1 Å². The largest absolute Gasteiger partial charge is 0.294 e. The molecule has 1 amide bonds. The van der Waals surface area contributed by atoms with Crippen molar-refractivity contribution in [1.29, 1.82) is 0 Å². The first kappa shape index (κ1) is 19.0. The number of carbonyl (C=O) groups is 1. The highest BCUT2D eigenvalue weighted by molar-refractivity contribution is 5.87. The smallest absolute Gasteiger partial charge is 0.260 e. The van der Waals surface area contributed by atoms with Crippen LogP contribution in [0.2, 0.25) is 0 Å². The second-order valence-electron chi connectivity index (χ2n) is 8.46. The number of carbonyl (C=O) groups excluding carboxylic acids is 1. The zero-order valence-electron chi connectivity index (χ0n) is 17.6. The number of anilines is 1. The molecule has 3 aromatic carbocycles. The van der Waals surface area contributed by atoms with Crippen molar-refractivity contribution in [2.45, 2.75) is 31.1 Å². The molecule has 5 heteroatoms. The summed E-state index contributed by atoms with van der Waals surface area (Å²) in [5, 5.41) is 1.82. The van der Waals surface area contributed by atoms with E-state index in [9.17, 15) is 4.79 Å². The van der Waals surface area contributed by atoms with Gasteiger partial charge in [-0.2, -0.15) is 0 Å². The van der Waals surface area contributed by atoms with Crippen LogP contribution in [0.25, 0.3) is 0 Å². The van der Waals surface area contributed by atoms with Crippen LogP contribution in [0, 0.1) is 0 Å². The van der Waals surface area contributed by atoms with E-state index in [4.69, 9.17) is 4.99 Å². The third-order valence-corrected chi connectivity index (χ3v) is 6.57. The number of amides is 1. The highest BCUT2D eigenvalue weighted by Gasteiger charge is 2.54. The number of hydrazine groups is 1. The average molecular weight is 421 g/mol. The van der Waals surface area contributed by atoms with Crippen molar-refractivity contribution in [3.8, 4) is 0 Å². The summed E-state index contributed by atoms with van der Waals surface area (Å²) in [5.41, 5.74) is 8.95. The Morgan fingerprint density at radius 2 is 1.44 bits per heavy atom. The minimum atomic E-state index is -0.246. The summed E-state index contributed by atoms with van der Waals surface area (Å²) in [4.78, 5) is 21.0. The minimum absolute atomic E-state index is 0.0690. The third kappa shape index (κ3) is 3.05. The van der Waals surface area contributed by atoms with Crippen molar-refractivity contribution < 1.29 is 4.79 Å². The van der Waals surface area contributed by atoms with Crippen molar-refractivity contribution in [1.82, 2.24) is 9.91 Å². The number of benzene rings is 3. The molecule has 3 aliphatic rings. The molecule has 3 heterocycles. The van der Waals surface area contributed by atoms with Gasteiger partial charge < -0.3 is 0 Å². The monoisotopic (exact) mass is 420 g/mol. The Morgan fingerprint density at radius 3 is 2.12 bits per heavy atom. The van der Waals surface area contributed by atoms with Crippen molar-refractivity contribution in [3.05, 3.63) is 113 Å². The van der Waals surface area contributed by atoms with Crippen LogP contribution in [-0.2, 0) is 4.79 Å². The molecule has 5 nitrogen and oxygen atoms in total.